The summed E-state index contributed by atoms with van der Waals surface area (Å²) in [5, 5.41) is 8.44. The predicted octanol–water partition coefficient (Wildman–Crippen LogP) is 2.89. The molecule has 7 nitrogen and oxygen atoms in total. The third-order valence-corrected chi connectivity index (χ3v) is 4.94. The molecule has 1 aromatic heterocycles. The molecule has 1 N–H and O–H groups in total. The summed E-state index contributed by atoms with van der Waals surface area (Å²) < 4.78 is 1.18. The number of rotatable bonds is 7. The maximum absolute atomic E-state index is 12.9. The molecule has 0 aliphatic carbocycles. The molecular formula is C23H26N4O3. The van der Waals surface area contributed by atoms with Gasteiger partial charge in [-0.3, -0.25) is 14.4 Å². The molecular weight excluding hydrogens is 380 g/mol. The molecule has 156 valence electrons. The quantitative estimate of drug-likeness (QED) is 0.654. The zero-order chi connectivity index (χ0) is 21.7. The van der Waals surface area contributed by atoms with Gasteiger partial charge < -0.3 is 10.2 Å². The number of aryl methyl sites for hydroxylation is 2. The molecule has 3 aromatic rings. The van der Waals surface area contributed by atoms with Crippen LogP contribution in [0.25, 0.3) is 10.8 Å². The maximum atomic E-state index is 12.9. The van der Waals surface area contributed by atoms with Gasteiger partial charge in [-0.05, 0) is 38.0 Å². The highest BCUT2D eigenvalue weighted by Crippen LogP contribution is 2.14. The van der Waals surface area contributed by atoms with Crippen LogP contribution in [0.4, 0.5) is 5.69 Å². The predicted molar refractivity (Wildman–Crippen MR) is 117 cm³/mol. The Morgan fingerprint density at radius 1 is 1.03 bits per heavy atom. The average Bonchev–Trinajstić information content (AvgIpc) is 2.73. The number of para-hydroxylation sites is 1. The molecule has 0 aliphatic rings. The van der Waals surface area contributed by atoms with Gasteiger partial charge in [0, 0.05) is 17.6 Å². The van der Waals surface area contributed by atoms with E-state index in [9.17, 15) is 14.4 Å². The van der Waals surface area contributed by atoms with Crippen molar-refractivity contribution in [3.05, 3.63) is 70.1 Å². The Hall–Kier alpha value is -3.48. The fraction of sp³-hybridized carbons (Fsp3) is 0.304. The van der Waals surface area contributed by atoms with Crippen LogP contribution >= 0.6 is 0 Å². The second-order valence-electron chi connectivity index (χ2n) is 7.27. The van der Waals surface area contributed by atoms with Crippen LogP contribution in [0.5, 0.6) is 0 Å². The van der Waals surface area contributed by atoms with Gasteiger partial charge in [0.05, 0.1) is 17.6 Å². The molecule has 0 spiro atoms. The Kier molecular flexibility index (Phi) is 6.61. The fourth-order valence-electron chi connectivity index (χ4n) is 3.38. The summed E-state index contributed by atoms with van der Waals surface area (Å²) in [5.74, 6) is -0.595. The van der Waals surface area contributed by atoms with E-state index in [0.717, 1.165) is 16.6 Å². The molecule has 0 bridgehead atoms. The lowest BCUT2D eigenvalue weighted by molar-refractivity contribution is -0.135. The number of carbonyl (C=O) groups is 2. The molecule has 7 heteroatoms. The lowest BCUT2D eigenvalue weighted by Crippen LogP contribution is -2.42. The van der Waals surface area contributed by atoms with E-state index in [4.69, 9.17) is 0 Å². The Bertz CT molecular complexity index is 1140. The average molecular weight is 406 g/mol. The number of fused-ring (bicyclic) bond motifs is 1. The molecule has 0 saturated heterocycles. The molecule has 30 heavy (non-hydrogen) atoms. The van der Waals surface area contributed by atoms with Crippen LogP contribution in [0.2, 0.25) is 0 Å². The van der Waals surface area contributed by atoms with E-state index in [1.807, 2.05) is 57.2 Å². The van der Waals surface area contributed by atoms with Crippen molar-refractivity contribution in [2.24, 2.45) is 0 Å². The van der Waals surface area contributed by atoms with Gasteiger partial charge in [-0.1, -0.05) is 43.3 Å². The zero-order valence-corrected chi connectivity index (χ0v) is 17.5. The van der Waals surface area contributed by atoms with Crippen LogP contribution < -0.4 is 10.9 Å². The van der Waals surface area contributed by atoms with Crippen molar-refractivity contribution in [1.82, 2.24) is 14.7 Å². The van der Waals surface area contributed by atoms with Gasteiger partial charge in [0.2, 0.25) is 11.8 Å². The number of amides is 2. The Morgan fingerprint density at radius 3 is 2.40 bits per heavy atom. The van der Waals surface area contributed by atoms with Gasteiger partial charge in [0.15, 0.2) is 0 Å². The first-order chi connectivity index (χ1) is 14.4. The van der Waals surface area contributed by atoms with Crippen LogP contribution in [0.1, 0.15) is 24.6 Å². The normalized spacial score (nSPS) is 10.8. The fourth-order valence-corrected chi connectivity index (χ4v) is 3.38. The largest absolute Gasteiger partial charge is 0.332 e. The highest BCUT2D eigenvalue weighted by molar-refractivity contribution is 5.95. The molecule has 2 aromatic carbocycles. The van der Waals surface area contributed by atoms with Crippen molar-refractivity contribution < 1.29 is 9.59 Å². The van der Waals surface area contributed by atoms with Crippen LogP contribution in [-0.2, 0) is 16.1 Å². The van der Waals surface area contributed by atoms with Gasteiger partial charge in [-0.15, -0.1) is 0 Å². The van der Waals surface area contributed by atoms with E-state index in [1.165, 1.54) is 9.58 Å². The lowest BCUT2D eigenvalue weighted by atomic mass is 10.1. The number of aromatic nitrogens is 2. The van der Waals surface area contributed by atoms with Crippen LogP contribution in [0.3, 0.4) is 0 Å². The number of benzene rings is 2. The molecule has 0 fully saturated rings. The van der Waals surface area contributed by atoms with E-state index in [0.29, 0.717) is 24.0 Å². The number of anilines is 1. The summed E-state index contributed by atoms with van der Waals surface area (Å²) in [6, 6.07) is 14.7. The minimum atomic E-state index is -0.318. The molecule has 0 saturated carbocycles. The monoisotopic (exact) mass is 406 g/mol. The molecule has 3 rings (SSSR count). The topological polar surface area (TPSA) is 84.3 Å². The molecule has 0 aliphatic heterocycles. The Labute approximate surface area is 175 Å². The number of nitrogens with zero attached hydrogens (tertiary/aromatic N) is 3. The summed E-state index contributed by atoms with van der Waals surface area (Å²) in [5.41, 5.74) is 2.03. The standard InChI is InChI=1S/C23H26N4O3/c1-4-13-26(14-21(28)24-20-12-8-5-9-16(20)2)22(29)15-27-23(30)19-11-7-6-10-18(19)17(3)25-27/h5-12H,4,13-15H2,1-3H3,(H,24,28). The van der Waals surface area contributed by atoms with Crippen molar-refractivity contribution in [1.29, 1.82) is 0 Å². The van der Waals surface area contributed by atoms with E-state index >= 15 is 0 Å². The van der Waals surface area contributed by atoms with Crippen LogP contribution in [-0.4, -0.2) is 39.6 Å². The number of hydrogen-bond donors (Lipinski definition) is 1. The first-order valence-corrected chi connectivity index (χ1v) is 10.0. The minimum absolute atomic E-state index is 0.0810. The molecule has 2 amide bonds. The van der Waals surface area contributed by atoms with Crippen LogP contribution in [0.15, 0.2) is 53.3 Å². The summed E-state index contributed by atoms with van der Waals surface area (Å²) in [6.07, 6.45) is 0.697. The summed E-state index contributed by atoms with van der Waals surface area (Å²) in [6.45, 7) is 5.78. The molecule has 1 heterocycles. The van der Waals surface area contributed by atoms with E-state index < -0.39 is 0 Å². The van der Waals surface area contributed by atoms with Crippen molar-refractivity contribution in [3.8, 4) is 0 Å². The number of hydrogen-bond acceptors (Lipinski definition) is 4. The number of carbonyl (C=O) groups excluding carboxylic acids is 2. The first-order valence-electron chi connectivity index (χ1n) is 10.0. The number of nitrogens with one attached hydrogen (secondary N) is 1. The summed E-state index contributed by atoms with van der Waals surface area (Å²) in [4.78, 5) is 39.6. The van der Waals surface area contributed by atoms with Gasteiger partial charge in [-0.25, -0.2) is 4.68 Å². The van der Waals surface area contributed by atoms with Crippen molar-refractivity contribution >= 4 is 28.3 Å². The van der Waals surface area contributed by atoms with E-state index in [1.54, 1.807) is 12.1 Å². The van der Waals surface area contributed by atoms with Crippen molar-refractivity contribution in [2.45, 2.75) is 33.7 Å². The minimum Gasteiger partial charge on any atom is -0.332 e. The van der Waals surface area contributed by atoms with Gasteiger partial charge in [0.1, 0.15) is 6.54 Å². The molecule has 0 atom stereocenters. The molecule has 0 unspecified atom stereocenters. The zero-order valence-electron chi connectivity index (χ0n) is 17.5. The maximum Gasteiger partial charge on any atom is 0.275 e. The van der Waals surface area contributed by atoms with Gasteiger partial charge in [0.25, 0.3) is 5.56 Å². The first kappa shape index (κ1) is 21.2. The van der Waals surface area contributed by atoms with E-state index in [-0.39, 0.29) is 30.5 Å². The highest BCUT2D eigenvalue weighted by atomic mass is 16.2. The smallest absolute Gasteiger partial charge is 0.275 e. The van der Waals surface area contributed by atoms with Gasteiger partial charge >= 0.3 is 0 Å². The second kappa shape index (κ2) is 9.35. The van der Waals surface area contributed by atoms with Crippen molar-refractivity contribution in [3.63, 3.8) is 0 Å². The molecule has 0 radical (unpaired) electrons. The summed E-state index contributed by atoms with van der Waals surface area (Å²) in [7, 11) is 0. The Balaban J connectivity index is 1.77. The third-order valence-electron chi connectivity index (χ3n) is 4.94. The second-order valence-corrected chi connectivity index (χ2v) is 7.27. The summed E-state index contributed by atoms with van der Waals surface area (Å²) >= 11 is 0. The highest BCUT2D eigenvalue weighted by Gasteiger charge is 2.19. The van der Waals surface area contributed by atoms with Crippen LogP contribution in [0, 0.1) is 13.8 Å². The van der Waals surface area contributed by atoms with Crippen molar-refractivity contribution in [2.75, 3.05) is 18.4 Å². The lowest BCUT2D eigenvalue weighted by Gasteiger charge is -2.22. The third kappa shape index (κ3) is 4.74. The van der Waals surface area contributed by atoms with Gasteiger partial charge in [-0.2, -0.15) is 5.10 Å². The Morgan fingerprint density at radius 2 is 1.70 bits per heavy atom. The van der Waals surface area contributed by atoms with E-state index in [2.05, 4.69) is 10.4 Å². The SMILES string of the molecule is CCCN(CC(=O)Nc1ccccc1C)C(=O)Cn1nc(C)c2ccccc2c1=O.